The van der Waals surface area contributed by atoms with Gasteiger partial charge in [-0.05, 0) is 178 Å². The van der Waals surface area contributed by atoms with E-state index in [0.29, 0.717) is 72.2 Å². The van der Waals surface area contributed by atoms with Crippen LogP contribution in [0.5, 0.6) is 28.7 Å². The van der Waals surface area contributed by atoms with Gasteiger partial charge in [-0.3, -0.25) is 43.5 Å². The second-order valence-corrected chi connectivity index (χ2v) is 33.0. The normalized spacial score (nSPS) is 12.2. The number of anilines is 8. The number of benzene rings is 8. The standard InChI is InChI=1S/C27H30N6O3.C24H28N6O3.C24H22N6O.C23H22BrN5O.5CH4/c1-28-27(34)19-10-22(12-23(11-19)36-3)33(16-18-4-5-18)21-6-7-24-25(13-21)31-26(15-29-24)20-14-30-32(17-20)8-9-35-2;1-32-20-10-19(11-21(13-20)33-2)30(8-9-31)18-4-5-22-23(12-18)28-24(15-26-22)17-14-27-29(16-17)7-3-6-25;1-29-15-18(12-27-29)24-13-26-22-6-5-19(10-23(22)28-24)30(14-16-3-4-16)20-7-17(11-25)8-21(9-20)31-2;1-28-14-16(11-26-28)23-12-25-21-6-5-18(10-22(21)27-23)29(13-15-3-4-15)19-7-17(24)8-20(9-19)30-2;;;;;/h6-7,10-15,17-18H,4-5,8-9,16H2,1-3H3,(H,28,34);4-5,10-16,31H,3,6-9,25H2,1-2H3;5-10,12-13,15-16H,3-4,14H2,1-2H3;5-12,14-15H,3-4,13H2,1-2H3;5*1H4. The number of ether oxygens (including phenoxy) is 6. The highest BCUT2D eigenvalue weighted by molar-refractivity contribution is 9.10. The molecule has 4 N–H and O–H groups in total. The molecule has 8 aromatic carbocycles. The first kappa shape index (κ1) is 101. The number of rotatable bonds is 32. The first-order valence-electron chi connectivity index (χ1n) is 43.0. The SMILES string of the molecule is C.C.C.C.C.CNC(=O)c1cc(OC)cc(N(CC2CC2)c2ccc3ncc(-c4cnn(CCOC)c4)nc3c2)c1.COc1cc(Br)cc(N(CC2CC2)c2ccc3ncc(-c4cnn(C)c4)nc3c2)c1.COc1cc(C#N)cc(N(CC2CC2)c2ccc3ncc(-c4cnn(C)c4)nc3c2)c1.COc1cc(OC)cc(N(CCO)c2ccc3ncc(-c4cnn(CCCN)c4)nc3c2)c1. The van der Waals surface area contributed by atoms with Crippen molar-refractivity contribution in [1.82, 2.24) is 84.3 Å². The lowest BCUT2D eigenvalue weighted by molar-refractivity contribution is 0.0962. The minimum absolute atomic E-state index is 0. The molecule has 19 rings (SSSR count). The zero-order chi connectivity index (χ0) is 90.3. The highest BCUT2D eigenvalue weighted by Crippen LogP contribution is 2.43. The van der Waals surface area contributed by atoms with E-state index in [1.807, 2.05) is 144 Å². The molecule has 3 aliphatic rings. The van der Waals surface area contributed by atoms with Crippen molar-refractivity contribution in [2.24, 2.45) is 37.6 Å². The van der Waals surface area contributed by atoms with Gasteiger partial charge in [-0.25, -0.2) is 19.9 Å². The molecule has 31 nitrogen and oxygen atoms in total. The number of hydrogen-bond acceptors (Lipinski definition) is 26. The Labute approximate surface area is 798 Å². The molecule has 3 saturated carbocycles. The summed E-state index contributed by atoms with van der Waals surface area (Å²) >= 11 is 3.62. The quantitative estimate of drug-likeness (QED) is 0.0352. The number of nitrogens with zero attached hydrogens (tertiary/aromatic N) is 21. The molecule has 0 spiro atoms. The van der Waals surface area contributed by atoms with Crippen LogP contribution in [0, 0.1) is 29.1 Å². The third-order valence-corrected chi connectivity index (χ3v) is 23.1. The highest BCUT2D eigenvalue weighted by atomic mass is 79.9. The average Bonchev–Trinajstić information content (AvgIpc) is 1.78. The Hall–Kier alpha value is -14.5. The number of methoxy groups -OCH3 is 6. The largest absolute Gasteiger partial charge is 0.497 e. The molecule has 0 unspecified atom stereocenters. The molecular weight excluding hydrogens is 1770 g/mol. The summed E-state index contributed by atoms with van der Waals surface area (Å²) in [6.07, 6.45) is 30.4. The van der Waals surface area contributed by atoms with Crippen molar-refractivity contribution < 1.29 is 38.3 Å². The van der Waals surface area contributed by atoms with E-state index in [2.05, 4.69) is 131 Å². The monoisotopic (exact) mass is 1890 g/mol. The van der Waals surface area contributed by atoms with Gasteiger partial charge >= 0.3 is 0 Å². The van der Waals surface area contributed by atoms with Crippen LogP contribution < -0.4 is 54.3 Å². The third-order valence-electron chi connectivity index (χ3n) is 22.6. The summed E-state index contributed by atoms with van der Waals surface area (Å²) < 4.78 is 40.6. The fourth-order valence-corrected chi connectivity index (χ4v) is 15.6. The van der Waals surface area contributed by atoms with E-state index >= 15 is 0 Å². The number of nitriles is 1. The van der Waals surface area contributed by atoms with Crippen LogP contribution in [-0.2, 0) is 31.9 Å². The number of fused-ring (bicyclic) bond motifs is 4. The van der Waals surface area contributed by atoms with Crippen LogP contribution in [0.1, 0.15) is 98.0 Å². The number of carbonyl (C=O) groups excluding carboxylic acids is 1. The molecule has 3 fully saturated rings. The van der Waals surface area contributed by atoms with Gasteiger partial charge in [-0.2, -0.15) is 25.7 Å². The summed E-state index contributed by atoms with van der Waals surface area (Å²) in [7, 11) is 15.2. The predicted molar refractivity (Wildman–Crippen MR) is 542 cm³/mol. The van der Waals surface area contributed by atoms with E-state index in [0.717, 1.165) is 183 Å². The van der Waals surface area contributed by atoms with Gasteiger partial charge in [0, 0.05) is 200 Å². The van der Waals surface area contributed by atoms with E-state index in [1.54, 1.807) is 115 Å². The molecule has 8 aromatic heterocycles. The third kappa shape index (κ3) is 25.3. The molecule has 16 aromatic rings. The van der Waals surface area contributed by atoms with Crippen LogP contribution in [0.3, 0.4) is 0 Å². The molecule has 135 heavy (non-hydrogen) atoms. The number of carbonyl (C=O) groups is 1. The lowest BCUT2D eigenvalue weighted by atomic mass is 10.1. The summed E-state index contributed by atoms with van der Waals surface area (Å²) in [4.78, 5) is 59.1. The Kier molecular flexibility index (Phi) is 35.0. The maximum Gasteiger partial charge on any atom is 0.251 e. The number of aromatic nitrogens is 16. The minimum Gasteiger partial charge on any atom is -0.497 e. The van der Waals surface area contributed by atoms with Gasteiger partial charge in [0.2, 0.25) is 0 Å². The van der Waals surface area contributed by atoms with Crippen molar-refractivity contribution >= 4 is 111 Å². The van der Waals surface area contributed by atoms with Crippen molar-refractivity contribution in [3.63, 3.8) is 0 Å². The molecular formula is C103H122BrN23O8. The lowest BCUT2D eigenvalue weighted by Gasteiger charge is -2.26. The number of aliphatic hydroxyl groups excluding tert-OH is 1. The Morgan fingerprint density at radius 1 is 0.437 bits per heavy atom. The van der Waals surface area contributed by atoms with E-state index in [9.17, 15) is 15.2 Å². The fourth-order valence-electron chi connectivity index (χ4n) is 15.1. The smallest absolute Gasteiger partial charge is 0.251 e. The van der Waals surface area contributed by atoms with Crippen molar-refractivity contribution in [3.05, 3.63) is 236 Å². The van der Waals surface area contributed by atoms with Gasteiger partial charge < -0.3 is 64.2 Å². The van der Waals surface area contributed by atoms with E-state index in [-0.39, 0.29) is 49.6 Å². The number of halogens is 1. The number of amides is 1. The molecule has 1 amide bonds. The van der Waals surface area contributed by atoms with E-state index in [4.69, 9.17) is 54.1 Å². The molecule has 0 bridgehead atoms. The van der Waals surface area contributed by atoms with Gasteiger partial charge in [0.15, 0.2) is 0 Å². The molecule has 0 radical (unpaired) electrons. The first-order valence-corrected chi connectivity index (χ1v) is 43.8. The maximum atomic E-state index is 12.4. The van der Waals surface area contributed by atoms with Crippen molar-refractivity contribution in [2.75, 3.05) is 115 Å². The molecule has 32 heteroatoms. The van der Waals surface area contributed by atoms with Crippen LogP contribution >= 0.6 is 15.9 Å². The van der Waals surface area contributed by atoms with Gasteiger partial charge in [-0.1, -0.05) is 53.1 Å². The van der Waals surface area contributed by atoms with Crippen molar-refractivity contribution in [2.45, 2.75) is 95.2 Å². The Morgan fingerprint density at radius 2 is 0.793 bits per heavy atom. The molecule has 8 heterocycles. The summed E-state index contributed by atoms with van der Waals surface area (Å²) in [6, 6.07) is 49.7. The zero-order valence-electron chi connectivity index (χ0n) is 74.0. The molecule has 704 valence electrons. The van der Waals surface area contributed by atoms with Gasteiger partial charge in [0.25, 0.3) is 5.91 Å². The lowest BCUT2D eigenvalue weighted by Crippen LogP contribution is -2.22. The summed E-state index contributed by atoms with van der Waals surface area (Å²) in [5.41, 5.74) is 27.9. The summed E-state index contributed by atoms with van der Waals surface area (Å²) in [5, 5.41) is 39.2. The zero-order valence-corrected chi connectivity index (χ0v) is 75.6. The van der Waals surface area contributed by atoms with Crippen LogP contribution in [0.15, 0.2) is 224 Å². The topological polar surface area (TPSA) is 342 Å². The predicted octanol–water partition coefficient (Wildman–Crippen LogP) is 20.0. The number of aliphatic hydroxyl groups is 1. The van der Waals surface area contributed by atoms with Crippen molar-refractivity contribution in [1.29, 1.82) is 5.26 Å². The summed E-state index contributed by atoms with van der Waals surface area (Å²) in [6.45, 7) is 5.74. The Morgan fingerprint density at radius 3 is 1.16 bits per heavy atom. The van der Waals surface area contributed by atoms with E-state index < -0.39 is 0 Å². The highest BCUT2D eigenvalue weighted by Gasteiger charge is 2.30. The maximum absolute atomic E-state index is 12.4. The van der Waals surface area contributed by atoms with Gasteiger partial charge in [0.1, 0.15) is 28.7 Å². The molecule has 0 aliphatic heterocycles. The molecule has 0 saturated heterocycles. The van der Waals surface area contributed by atoms with Gasteiger partial charge in [-0.15, -0.1) is 0 Å². The molecule has 0 atom stereocenters. The first-order chi connectivity index (χ1) is 63.4. The number of nitrogens with one attached hydrogen (secondary N) is 1. The van der Waals surface area contributed by atoms with Crippen molar-refractivity contribution in [3.8, 4) is 79.8 Å². The Balaban J connectivity index is 0.000000171. The molecule has 3 aliphatic carbocycles. The van der Waals surface area contributed by atoms with E-state index in [1.165, 1.54) is 38.5 Å². The van der Waals surface area contributed by atoms with Gasteiger partial charge in [0.05, 0.1) is 183 Å². The van der Waals surface area contributed by atoms with Crippen LogP contribution in [-0.4, -0.2) is 186 Å². The van der Waals surface area contributed by atoms with Crippen LogP contribution in [0.25, 0.3) is 89.2 Å². The number of aryl methyl sites for hydroxylation is 3. The van der Waals surface area contributed by atoms with Crippen LogP contribution in [0.2, 0.25) is 0 Å². The average molecular weight is 1890 g/mol. The number of nitrogens with two attached hydrogens (primary N) is 1. The second kappa shape index (κ2) is 46.7. The second-order valence-electron chi connectivity index (χ2n) is 32.1. The fraction of sp³-hybridized carbons (Fsp3) is 0.320. The minimum atomic E-state index is -0.151. The number of hydrogen-bond donors (Lipinski definition) is 3. The summed E-state index contributed by atoms with van der Waals surface area (Å²) in [5.74, 6) is 5.32. The Bertz CT molecular complexity index is 6700. The van der Waals surface area contributed by atoms with Crippen LogP contribution in [0.4, 0.5) is 45.5 Å².